The minimum atomic E-state index is -5.08. The Morgan fingerprint density at radius 3 is 2.03 bits per heavy atom. The van der Waals surface area contributed by atoms with Gasteiger partial charge in [-0.1, -0.05) is 12.1 Å². The third kappa shape index (κ3) is 11.4. The van der Waals surface area contributed by atoms with Gasteiger partial charge in [-0.2, -0.15) is 26.3 Å². The van der Waals surface area contributed by atoms with Gasteiger partial charge in [0.1, 0.15) is 5.82 Å². The van der Waals surface area contributed by atoms with E-state index >= 15 is 0 Å². The van der Waals surface area contributed by atoms with E-state index in [9.17, 15) is 34.8 Å². The number of hydrogen-bond donors (Lipinski definition) is 3. The Hall–Kier alpha value is -2.88. The van der Waals surface area contributed by atoms with E-state index in [2.05, 4.69) is 21.9 Å². The first-order valence-corrected chi connectivity index (χ1v) is 11.7. The van der Waals surface area contributed by atoms with E-state index in [1.165, 1.54) is 0 Å². The van der Waals surface area contributed by atoms with Crippen molar-refractivity contribution < 1.29 is 54.6 Å². The van der Waals surface area contributed by atoms with Crippen LogP contribution in [0, 0.1) is 5.92 Å². The van der Waals surface area contributed by atoms with Gasteiger partial charge in [-0.25, -0.2) is 23.0 Å². The van der Waals surface area contributed by atoms with Crippen molar-refractivity contribution >= 4 is 32.8 Å². The van der Waals surface area contributed by atoms with Crippen molar-refractivity contribution in [1.82, 2.24) is 14.9 Å². The molecular weight excluding hydrogens is 512 g/mol. The zero-order valence-electron chi connectivity index (χ0n) is 18.2. The molecule has 0 amide bonds. The molecular formula is C19H23F6N3O6S. The predicted octanol–water partition coefficient (Wildman–Crippen LogP) is 3.09. The van der Waals surface area contributed by atoms with Gasteiger partial charge < -0.3 is 15.2 Å². The number of carboxylic acids is 2. The van der Waals surface area contributed by atoms with E-state index in [-0.39, 0.29) is 0 Å². The van der Waals surface area contributed by atoms with Crippen LogP contribution in [-0.2, 0) is 26.0 Å². The highest BCUT2D eigenvalue weighted by molar-refractivity contribution is 7.91. The number of rotatable bonds is 5. The number of halogens is 6. The maximum Gasteiger partial charge on any atom is 0.490 e. The summed E-state index contributed by atoms with van der Waals surface area (Å²) in [6, 6.07) is 8.00. The van der Waals surface area contributed by atoms with E-state index in [1.807, 2.05) is 24.3 Å². The van der Waals surface area contributed by atoms with Gasteiger partial charge in [0.2, 0.25) is 0 Å². The number of alkyl halides is 6. The first kappa shape index (κ1) is 30.2. The lowest BCUT2D eigenvalue weighted by molar-refractivity contribution is -0.193. The first-order chi connectivity index (χ1) is 15.9. The third-order valence-electron chi connectivity index (χ3n) is 4.59. The number of fused-ring (bicyclic) bond motifs is 1. The van der Waals surface area contributed by atoms with Gasteiger partial charge in [0, 0.05) is 0 Å². The topological polar surface area (TPSA) is 141 Å². The molecule has 1 aliphatic heterocycles. The van der Waals surface area contributed by atoms with Crippen molar-refractivity contribution in [3.63, 3.8) is 0 Å². The summed E-state index contributed by atoms with van der Waals surface area (Å²) in [6.45, 7) is 1.66. The van der Waals surface area contributed by atoms with Gasteiger partial charge in [0.25, 0.3) is 0 Å². The molecule has 0 bridgehead atoms. The molecule has 35 heavy (non-hydrogen) atoms. The second-order valence-corrected chi connectivity index (χ2v) is 9.83. The molecule has 1 aromatic carbocycles. The minimum Gasteiger partial charge on any atom is -0.475 e. The number of sulfone groups is 1. The molecule has 2 heterocycles. The number of imidazole rings is 1. The van der Waals surface area contributed by atoms with Crippen LogP contribution in [0.3, 0.4) is 0 Å². The van der Waals surface area contributed by atoms with Crippen LogP contribution in [0.1, 0.15) is 18.7 Å². The fourth-order valence-electron chi connectivity index (χ4n) is 2.92. The molecule has 1 aromatic heterocycles. The summed E-state index contributed by atoms with van der Waals surface area (Å²) < 4.78 is 86.4. The van der Waals surface area contributed by atoms with Gasteiger partial charge in [-0.3, -0.25) is 4.90 Å². The Labute approximate surface area is 195 Å². The Morgan fingerprint density at radius 1 is 1.09 bits per heavy atom. The maximum atomic E-state index is 11.4. The van der Waals surface area contributed by atoms with Crippen LogP contribution in [-0.4, -0.2) is 82.9 Å². The number of para-hydroxylation sites is 2. The van der Waals surface area contributed by atoms with Crippen molar-refractivity contribution in [1.29, 1.82) is 0 Å². The molecule has 1 fully saturated rings. The van der Waals surface area contributed by atoms with Crippen LogP contribution < -0.4 is 0 Å². The summed E-state index contributed by atoms with van der Waals surface area (Å²) in [6.07, 6.45) is -8.41. The second-order valence-electron chi connectivity index (χ2n) is 7.60. The van der Waals surface area contributed by atoms with Gasteiger partial charge in [-0.05, 0) is 44.5 Å². The van der Waals surface area contributed by atoms with Crippen molar-refractivity contribution in [2.45, 2.75) is 31.7 Å². The zero-order chi connectivity index (χ0) is 27.0. The van der Waals surface area contributed by atoms with Crippen molar-refractivity contribution in [3.8, 4) is 0 Å². The Morgan fingerprint density at radius 2 is 1.60 bits per heavy atom. The summed E-state index contributed by atoms with van der Waals surface area (Å²) in [5.41, 5.74) is 2.05. The van der Waals surface area contributed by atoms with Crippen LogP contribution in [0.4, 0.5) is 26.3 Å². The molecule has 1 saturated heterocycles. The highest BCUT2D eigenvalue weighted by atomic mass is 32.2. The average Bonchev–Trinajstić information content (AvgIpc) is 3.27. The summed E-state index contributed by atoms with van der Waals surface area (Å²) in [5.74, 6) is -3.50. The number of nitrogens with zero attached hydrogens (tertiary/aromatic N) is 2. The van der Waals surface area contributed by atoms with E-state index in [4.69, 9.17) is 19.8 Å². The molecule has 3 rings (SSSR count). The van der Waals surface area contributed by atoms with E-state index in [0.717, 1.165) is 42.8 Å². The number of H-pyrrole nitrogens is 1. The fourth-order valence-corrected chi connectivity index (χ4v) is 4.83. The minimum absolute atomic E-state index is 0.327. The third-order valence-corrected chi connectivity index (χ3v) is 6.43. The second kappa shape index (κ2) is 12.2. The Kier molecular flexibility index (Phi) is 10.5. The van der Waals surface area contributed by atoms with Crippen LogP contribution in [0.25, 0.3) is 11.0 Å². The Balaban J connectivity index is 0.000000362. The van der Waals surface area contributed by atoms with E-state index in [1.54, 1.807) is 0 Å². The van der Waals surface area contributed by atoms with Crippen LogP contribution in [0.2, 0.25) is 0 Å². The molecule has 3 N–H and O–H groups in total. The molecule has 0 saturated carbocycles. The molecule has 1 unspecified atom stereocenters. The van der Waals surface area contributed by atoms with Gasteiger partial charge in [0.15, 0.2) is 9.84 Å². The van der Waals surface area contributed by atoms with Crippen LogP contribution in [0.5, 0.6) is 0 Å². The number of hydrogen-bond acceptors (Lipinski definition) is 6. The number of benzene rings is 1. The number of carboxylic acid groups (broad SMARTS) is 2. The molecule has 1 aliphatic rings. The predicted molar refractivity (Wildman–Crippen MR) is 111 cm³/mol. The molecule has 2 aromatic rings. The van der Waals surface area contributed by atoms with Gasteiger partial charge >= 0.3 is 24.3 Å². The van der Waals surface area contributed by atoms with E-state index in [0.29, 0.717) is 17.4 Å². The lowest BCUT2D eigenvalue weighted by Crippen LogP contribution is -2.22. The standard InChI is InChI=1S/C15H21N3O2S.2C2HF3O2/c1-18(8-6-12-7-9-21(19,20)11-12)10-15-16-13-4-2-3-5-14(13)17-15;2*3-2(4,5)1(6)7/h2-5,12H,6-11H2,1H3,(H,16,17);2*(H,6,7). The molecule has 9 nitrogen and oxygen atoms in total. The summed E-state index contributed by atoms with van der Waals surface area (Å²) in [4.78, 5) is 27.9. The largest absolute Gasteiger partial charge is 0.490 e. The first-order valence-electron chi connectivity index (χ1n) is 9.83. The van der Waals surface area contributed by atoms with Gasteiger partial charge in [0.05, 0.1) is 29.1 Å². The maximum absolute atomic E-state index is 11.4. The molecule has 16 heteroatoms. The molecule has 0 aliphatic carbocycles. The smallest absolute Gasteiger partial charge is 0.475 e. The number of carbonyl (C=O) groups is 2. The molecule has 1 atom stereocenters. The highest BCUT2D eigenvalue weighted by Gasteiger charge is 2.38. The molecule has 0 spiro atoms. The Bertz CT molecular complexity index is 1040. The lowest BCUT2D eigenvalue weighted by Gasteiger charge is -2.17. The number of aromatic amines is 1. The highest BCUT2D eigenvalue weighted by Crippen LogP contribution is 2.22. The van der Waals surface area contributed by atoms with E-state index < -0.39 is 34.1 Å². The van der Waals surface area contributed by atoms with Gasteiger partial charge in [-0.15, -0.1) is 0 Å². The molecule has 0 radical (unpaired) electrons. The fraction of sp³-hybridized carbons (Fsp3) is 0.526. The monoisotopic (exact) mass is 535 g/mol. The average molecular weight is 535 g/mol. The van der Waals surface area contributed by atoms with Crippen LogP contribution in [0.15, 0.2) is 24.3 Å². The zero-order valence-corrected chi connectivity index (χ0v) is 19.0. The normalized spacial score (nSPS) is 17.3. The summed E-state index contributed by atoms with van der Waals surface area (Å²) in [7, 11) is -0.704. The van der Waals surface area contributed by atoms with Crippen LogP contribution >= 0.6 is 0 Å². The number of aliphatic carboxylic acids is 2. The van der Waals surface area contributed by atoms with Crippen molar-refractivity contribution in [3.05, 3.63) is 30.1 Å². The van der Waals surface area contributed by atoms with Crippen molar-refractivity contribution in [2.75, 3.05) is 25.1 Å². The number of nitrogens with one attached hydrogen (secondary N) is 1. The quantitative estimate of drug-likeness (QED) is 0.497. The van der Waals surface area contributed by atoms with Crippen molar-refractivity contribution in [2.24, 2.45) is 5.92 Å². The lowest BCUT2D eigenvalue weighted by atomic mass is 10.1. The SMILES string of the molecule is CN(CCC1CCS(=O)(=O)C1)Cc1nc2ccccc2[nH]1.O=C(O)C(F)(F)F.O=C(O)C(F)(F)F. The molecule has 198 valence electrons. The summed E-state index contributed by atoms with van der Waals surface area (Å²) in [5, 5.41) is 14.2. The number of aromatic nitrogens is 2. The summed E-state index contributed by atoms with van der Waals surface area (Å²) >= 11 is 0.